The molecule has 122 valence electrons. The van der Waals surface area contributed by atoms with E-state index in [9.17, 15) is 4.79 Å². The molecule has 0 spiro atoms. The van der Waals surface area contributed by atoms with Crippen LogP contribution in [0.2, 0.25) is 10.0 Å². The molecule has 6 nitrogen and oxygen atoms in total. The molecule has 24 heavy (non-hydrogen) atoms. The van der Waals surface area contributed by atoms with Gasteiger partial charge in [-0.2, -0.15) is 4.98 Å². The molecule has 1 N–H and O–H groups in total. The minimum absolute atomic E-state index is 0.0980. The highest BCUT2D eigenvalue weighted by atomic mass is 35.5. The largest absolute Gasteiger partial charge is 0.327 e. The topological polar surface area (TPSA) is 80.9 Å². The highest BCUT2D eigenvalue weighted by molar-refractivity contribution is 7.99. The van der Waals surface area contributed by atoms with Crippen molar-refractivity contribution in [1.29, 1.82) is 0 Å². The lowest BCUT2D eigenvalue weighted by atomic mass is 10.3. The van der Waals surface area contributed by atoms with Gasteiger partial charge in [-0.25, -0.2) is 0 Å². The molecule has 1 aromatic carbocycles. The van der Waals surface area contributed by atoms with Crippen molar-refractivity contribution < 1.29 is 9.32 Å². The van der Waals surface area contributed by atoms with Crippen molar-refractivity contribution in [2.24, 2.45) is 0 Å². The third-order valence-corrected chi connectivity index (χ3v) is 4.54. The molecule has 0 saturated carbocycles. The quantitative estimate of drug-likeness (QED) is 0.668. The van der Waals surface area contributed by atoms with Gasteiger partial charge >= 0.3 is 0 Å². The van der Waals surface area contributed by atoms with Crippen LogP contribution in [0, 0.1) is 0 Å². The summed E-state index contributed by atoms with van der Waals surface area (Å²) >= 11 is 13.1. The summed E-state index contributed by atoms with van der Waals surface area (Å²) in [5, 5.41) is 7.53. The van der Waals surface area contributed by atoms with Crippen LogP contribution < -0.4 is 5.32 Å². The van der Waals surface area contributed by atoms with Crippen LogP contribution in [-0.4, -0.2) is 26.8 Å². The first kappa shape index (κ1) is 16.8. The van der Waals surface area contributed by atoms with Gasteiger partial charge in [-0.1, -0.05) is 46.2 Å². The maximum absolute atomic E-state index is 12.0. The molecule has 3 aromatic rings. The Labute approximate surface area is 151 Å². The lowest BCUT2D eigenvalue weighted by molar-refractivity contribution is -0.113. The second-order valence-electron chi connectivity index (χ2n) is 4.56. The average molecular weight is 381 g/mol. The van der Waals surface area contributed by atoms with E-state index in [4.69, 9.17) is 27.7 Å². The molecule has 2 heterocycles. The number of anilines is 1. The summed E-state index contributed by atoms with van der Waals surface area (Å²) in [7, 11) is 0. The van der Waals surface area contributed by atoms with Crippen molar-refractivity contribution in [3.8, 4) is 11.4 Å². The Morgan fingerprint density at radius 1 is 1.21 bits per heavy atom. The molecule has 0 unspecified atom stereocenters. The van der Waals surface area contributed by atoms with E-state index < -0.39 is 0 Å². The van der Waals surface area contributed by atoms with Crippen LogP contribution in [0.4, 0.5) is 5.69 Å². The second-order valence-corrected chi connectivity index (χ2v) is 6.27. The monoisotopic (exact) mass is 380 g/mol. The van der Waals surface area contributed by atoms with Gasteiger partial charge in [0.05, 0.1) is 21.5 Å². The number of nitrogens with one attached hydrogen (secondary N) is 1. The Morgan fingerprint density at radius 3 is 2.79 bits per heavy atom. The number of halogens is 2. The zero-order valence-electron chi connectivity index (χ0n) is 12.1. The van der Waals surface area contributed by atoms with E-state index in [-0.39, 0.29) is 11.7 Å². The maximum Gasteiger partial charge on any atom is 0.286 e. The minimum Gasteiger partial charge on any atom is -0.327 e. The second kappa shape index (κ2) is 7.65. The molecule has 1 amide bonds. The van der Waals surface area contributed by atoms with Crippen molar-refractivity contribution in [2.75, 3.05) is 11.1 Å². The van der Waals surface area contributed by atoms with Crippen LogP contribution in [0.5, 0.6) is 0 Å². The van der Waals surface area contributed by atoms with Crippen LogP contribution in [0.25, 0.3) is 11.4 Å². The molecule has 0 saturated heterocycles. The van der Waals surface area contributed by atoms with E-state index in [1.807, 2.05) is 0 Å². The van der Waals surface area contributed by atoms with Gasteiger partial charge in [0, 0.05) is 18.0 Å². The van der Waals surface area contributed by atoms with Gasteiger partial charge < -0.3 is 9.84 Å². The maximum atomic E-state index is 12.0. The minimum atomic E-state index is -0.257. The van der Waals surface area contributed by atoms with E-state index in [1.54, 1.807) is 42.7 Å². The summed E-state index contributed by atoms with van der Waals surface area (Å²) in [6.45, 7) is 0. The van der Waals surface area contributed by atoms with Crippen LogP contribution in [0.3, 0.4) is 0 Å². The number of hydrogen-bond donors (Lipinski definition) is 1. The first-order valence-corrected chi connectivity index (χ1v) is 8.48. The van der Waals surface area contributed by atoms with E-state index in [0.29, 0.717) is 26.8 Å². The molecule has 2 aromatic heterocycles. The molecule has 9 heteroatoms. The average Bonchev–Trinajstić information content (AvgIpc) is 3.07. The van der Waals surface area contributed by atoms with Crippen LogP contribution in [-0.2, 0) is 4.79 Å². The number of rotatable bonds is 5. The molecule has 0 radical (unpaired) electrons. The van der Waals surface area contributed by atoms with Gasteiger partial charge in [0.2, 0.25) is 11.7 Å². The Kier molecular flexibility index (Phi) is 5.34. The standard InChI is InChI=1S/C15H10Cl2N4O2S/c16-10-2-1-3-11(13(10)17)19-12(22)8-24-15-20-14(21-23-15)9-4-6-18-7-5-9/h1-7H,8H2,(H,19,22). The molecular formula is C15H10Cl2N4O2S. The van der Waals surface area contributed by atoms with Gasteiger partial charge in [-0.3, -0.25) is 9.78 Å². The Balaban J connectivity index is 1.59. The molecule has 0 aliphatic rings. The lowest BCUT2D eigenvalue weighted by Crippen LogP contribution is -2.14. The summed E-state index contributed by atoms with van der Waals surface area (Å²) in [6, 6.07) is 8.56. The fourth-order valence-corrected chi connectivity index (χ4v) is 2.72. The first-order chi connectivity index (χ1) is 11.6. The number of nitrogens with zero attached hydrogens (tertiary/aromatic N) is 3. The lowest BCUT2D eigenvalue weighted by Gasteiger charge is -2.06. The van der Waals surface area contributed by atoms with E-state index in [1.165, 1.54) is 0 Å². The van der Waals surface area contributed by atoms with Crippen molar-refractivity contribution in [1.82, 2.24) is 15.1 Å². The van der Waals surface area contributed by atoms with E-state index >= 15 is 0 Å². The zero-order valence-corrected chi connectivity index (χ0v) is 14.4. The van der Waals surface area contributed by atoms with Crippen molar-refractivity contribution >= 4 is 46.6 Å². The zero-order chi connectivity index (χ0) is 16.9. The fourth-order valence-electron chi connectivity index (χ4n) is 1.80. The third kappa shape index (κ3) is 4.05. The number of carbonyl (C=O) groups is 1. The predicted octanol–water partition coefficient (Wildman–Crippen LogP) is 4.17. The van der Waals surface area contributed by atoms with Crippen LogP contribution in [0.15, 0.2) is 52.5 Å². The van der Waals surface area contributed by atoms with Crippen molar-refractivity contribution in [3.05, 3.63) is 52.8 Å². The van der Waals surface area contributed by atoms with Gasteiger partial charge in [-0.05, 0) is 24.3 Å². The normalized spacial score (nSPS) is 10.6. The van der Waals surface area contributed by atoms with Gasteiger partial charge in [0.1, 0.15) is 0 Å². The number of carbonyl (C=O) groups excluding carboxylic acids is 1. The number of hydrogen-bond acceptors (Lipinski definition) is 6. The van der Waals surface area contributed by atoms with Gasteiger partial charge in [0.15, 0.2) is 0 Å². The highest BCUT2D eigenvalue weighted by Gasteiger charge is 2.13. The van der Waals surface area contributed by atoms with Crippen LogP contribution >= 0.6 is 35.0 Å². The van der Waals surface area contributed by atoms with Crippen LogP contribution in [0.1, 0.15) is 0 Å². The molecule has 3 rings (SSSR count). The number of thioether (sulfide) groups is 1. The predicted molar refractivity (Wildman–Crippen MR) is 93.3 cm³/mol. The molecule has 0 bridgehead atoms. The fraction of sp³-hybridized carbons (Fsp3) is 0.0667. The number of amides is 1. The SMILES string of the molecule is O=C(CSc1nc(-c2ccncc2)no1)Nc1cccc(Cl)c1Cl. The third-order valence-electron chi connectivity index (χ3n) is 2.90. The number of benzene rings is 1. The summed E-state index contributed by atoms with van der Waals surface area (Å²) in [6.07, 6.45) is 3.28. The molecule has 0 fully saturated rings. The van der Waals surface area contributed by atoms with Gasteiger partial charge in [-0.15, -0.1) is 0 Å². The summed E-state index contributed by atoms with van der Waals surface area (Å²) < 4.78 is 5.12. The van der Waals surface area contributed by atoms with E-state index in [2.05, 4.69) is 20.4 Å². The Bertz CT molecular complexity index is 858. The summed E-state index contributed by atoms with van der Waals surface area (Å²) in [5.74, 6) is 0.284. The number of aromatic nitrogens is 3. The van der Waals surface area contributed by atoms with Crippen molar-refractivity contribution in [3.63, 3.8) is 0 Å². The Hall–Kier alpha value is -2.09. The van der Waals surface area contributed by atoms with Crippen molar-refractivity contribution in [2.45, 2.75) is 5.22 Å². The smallest absolute Gasteiger partial charge is 0.286 e. The van der Waals surface area contributed by atoms with E-state index in [0.717, 1.165) is 17.3 Å². The molecule has 0 atom stereocenters. The summed E-state index contributed by atoms with van der Waals surface area (Å²) in [4.78, 5) is 20.1. The summed E-state index contributed by atoms with van der Waals surface area (Å²) in [5.41, 5.74) is 1.24. The highest BCUT2D eigenvalue weighted by Crippen LogP contribution is 2.29. The molecular weight excluding hydrogens is 371 g/mol. The Morgan fingerprint density at radius 2 is 2.00 bits per heavy atom. The molecule has 0 aliphatic heterocycles. The van der Waals surface area contributed by atoms with Gasteiger partial charge in [0.25, 0.3) is 5.22 Å². The first-order valence-electron chi connectivity index (χ1n) is 6.74. The molecule has 0 aliphatic carbocycles. The number of pyridine rings is 1.